The van der Waals surface area contributed by atoms with Gasteiger partial charge in [0, 0.05) is 5.56 Å². The van der Waals surface area contributed by atoms with Crippen LogP contribution in [0, 0.1) is 0 Å². The number of carbonyl (C=O) groups is 1. The van der Waals surface area contributed by atoms with Crippen LogP contribution in [0.2, 0.25) is 0 Å². The lowest BCUT2D eigenvalue weighted by molar-refractivity contribution is -0.145. The molecule has 2 nitrogen and oxygen atoms in total. The van der Waals surface area contributed by atoms with Gasteiger partial charge in [0.15, 0.2) is 5.44 Å². The summed E-state index contributed by atoms with van der Waals surface area (Å²) in [6.07, 6.45) is 0. The summed E-state index contributed by atoms with van der Waals surface area (Å²) in [4.78, 5) is 10.7. The van der Waals surface area contributed by atoms with Crippen molar-refractivity contribution in [1.29, 1.82) is 0 Å². The maximum atomic E-state index is 12.7. The third-order valence-corrected chi connectivity index (χ3v) is 2.77. The van der Waals surface area contributed by atoms with Gasteiger partial charge in [-0.15, -0.1) is 0 Å². The summed E-state index contributed by atoms with van der Waals surface area (Å²) >= 11 is 0.888. The molecule has 13 heavy (non-hydrogen) atoms. The Kier molecular flexibility index (Phi) is 2.22. The van der Waals surface area contributed by atoms with E-state index >= 15 is 0 Å². The van der Waals surface area contributed by atoms with E-state index < -0.39 is 16.9 Å². The van der Waals surface area contributed by atoms with Crippen molar-refractivity contribution < 1.29 is 13.9 Å². The Morgan fingerprint density at radius 1 is 1.31 bits per heavy atom. The topological polar surface area (TPSA) is 26.3 Å². The molecule has 4 heteroatoms. The minimum absolute atomic E-state index is 0.483. The number of ether oxygens (including phenoxy) is 1. The molecule has 1 aliphatic rings. The molecule has 0 amide bonds. The average molecular weight is 198 g/mol. The Bertz CT molecular complexity index is 315. The van der Waals surface area contributed by atoms with Crippen molar-refractivity contribution in [3.8, 4) is 0 Å². The van der Waals surface area contributed by atoms with Crippen molar-refractivity contribution in [3.05, 3.63) is 35.9 Å². The zero-order valence-corrected chi connectivity index (χ0v) is 7.46. The smallest absolute Gasteiger partial charge is 0.353 e. The van der Waals surface area contributed by atoms with Crippen LogP contribution in [-0.2, 0) is 9.53 Å². The molecule has 0 bridgehead atoms. The van der Waals surface area contributed by atoms with Crippen molar-refractivity contribution in [2.75, 3.05) is 0 Å². The predicted molar refractivity (Wildman–Crippen MR) is 47.8 cm³/mol. The number of halogens is 1. The van der Waals surface area contributed by atoms with Gasteiger partial charge >= 0.3 is 5.97 Å². The molecule has 0 aliphatic carbocycles. The molecule has 1 aromatic carbocycles. The first-order valence-electron chi connectivity index (χ1n) is 3.82. The lowest BCUT2D eigenvalue weighted by Gasteiger charge is -2.06. The van der Waals surface area contributed by atoms with Crippen molar-refractivity contribution >= 4 is 17.7 Å². The summed E-state index contributed by atoms with van der Waals surface area (Å²) in [5.74, 6) is -0.779. The number of hydrogen-bond acceptors (Lipinski definition) is 3. The first kappa shape index (κ1) is 8.56. The van der Waals surface area contributed by atoms with E-state index in [4.69, 9.17) is 4.74 Å². The Balaban J connectivity index is 2.17. The molecule has 0 aromatic heterocycles. The molecule has 0 unspecified atom stereocenters. The van der Waals surface area contributed by atoms with Gasteiger partial charge in [0.2, 0.25) is 5.50 Å². The van der Waals surface area contributed by atoms with E-state index in [1.165, 1.54) is 0 Å². The molecular weight excluding hydrogens is 191 g/mol. The number of esters is 1. The molecule has 0 N–H and O–H groups in total. The van der Waals surface area contributed by atoms with E-state index in [9.17, 15) is 9.18 Å². The van der Waals surface area contributed by atoms with Crippen LogP contribution in [0.1, 0.15) is 11.0 Å². The van der Waals surface area contributed by atoms with Gasteiger partial charge in [-0.25, -0.2) is 9.18 Å². The molecular formula is C9H7FO2S. The van der Waals surface area contributed by atoms with Crippen LogP contribution >= 0.6 is 11.8 Å². The molecule has 1 fully saturated rings. The summed E-state index contributed by atoms with van der Waals surface area (Å²) in [5, 5.41) is 0. The summed E-state index contributed by atoms with van der Waals surface area (Å²) in [5.41, 5.74) is -1.20. The molecule has 1 saturated heterocycles. The zero-order valence-electron chi connectivity index (χ0n) is 6.64. The molecule has 1 heterocycles. The fraction of sp³-hybridized carbons (Fsp3) is 0.222. The molecule has 0 saturated carbocycles. The Labute approximate surface area is 79.1 Å². The van der Waals surface area contributed by atoms with E-state index in [0.717, 1.165) is 17.3 Å². The van der Waals surface area contributed by atoms with E-state index in [2.05, 4.69) is 0 Å². The molecule has 2 atom stereocenters. The van der Waals surface area contributed by atoms with Crippen molar-refractivity contribution in [2.45, 2.75) is 10.9 Å². The number of rotatable bonds is 1. The van der Waals surface area contributed by atoms with Gasteiger partial charge in [0.1, 0.15) is 0 Å². The van der Waals surface area contributed by atoms with Crippen LogP contribution in [0.25, 0.3) is 0 Å². The van der Waals surface area contributed by atoms with Gasteiger partial charge in [-0.05, 0) is 0 Å². The third-order valence-electron chi connectivity index (χ3n) is 1.72. The van der Waals surface area contributed by atoms with E-state index in [1.54, 1.807) is 0 Å². The van der Waals surface area contributed by atoms with Gasteiger partial charge in [-0.1, -0.05) is 42.1 Å². The third kappa shape index (κ3) is 1.67. The van der Waals surface area contributed by atoms with Gasteiger partial charge in [-0.3, -0.25) is 0 Å². The highest BCUT2D eigenvalue weighted by Gasteiger charge is 2.35. The van der Waals surface area contributed by atoms with E-state index in [1.807, 2.05) is 30.3 Å². The minimum Gasteiger partial charge on any atom is -0.443 e. The number of benzene rings is 1. The number of cyclic esters (lactones) is 1. The van der Waals surface area contributed by atoms with Gasteiger partial charge < -0.3 is 4.74 Å². The average Bonchev–Trinajstić information content (AvgIpc) is 2.49. The fourth-order valence-electron chi connectivity index (χ4n) is 1.11. The summed E-state index contributed by atoms with van der Waals surface area (Å²) < 4.78 is 17.5. The molecule has 2 rings (SSSR count). The molecule has 0 spiro atoms. The second kappa shape index (κ2) is 3.38. The maximum absolute atomic E-state index is 12.7. The summed E-state index contributed by atoms with van der Waals surface area (Å²) in [6, 6.07) is 9.13. The predicted octanol–water partition coefficient (Wildman–Crippen LogP) is 2.27. The van der Waals surface area contributed by atoms with Crippen LogP contribution in [-0.4, -0.2) is 11.5 Å². The molecule has 1 aromatic rings. The summed E-state index contributed by atoms with van der Waals surface area (Å²) in [6.45, 7) is 0. The molecule has 1 aliphatic heterocycles. The second-order valence-corrected chi connectivity index (χ2v) is 3.75. The Morgan fingerprint density at radius 3 is 2.54 bits per heavy atom. The quantitative estimate of drug-likeness (QED) is 0.647. The van der Waals surface area contributed by atoms with Crippen molar-refractivity contribution in [3.63, 3.8) is 0 Å². The standard InChI is InChI=1S/C9H7FO2S/c10-7-8(11)12-9(13-7)6-4-2-1-3-5-6/h1-5,7,9H/t7-,9-/m0/s1. The fourth-order valence-corrected chi connectivity index (χ4v) is 1.96. The first-order valence-corrected chi connectivity index (χ1v) is 4.76. The number of hydrogen-bond donors (Lipinski definition) is 0. The minimum atomic E-state index is -1.54. The Morgan fingerprint density at radius 2 is 2.00 bits per heavy atom. The highest BCUT2D eigenvalue weighted by Crippen LogP contribution is 2.40. The van der Waals surface area contributed by atoms with Gasteiger partial charge in [0.05, 0.1) is 0 Å². The van der Waals surface area contributed by atoms with E-state index in [0.29, 0.717) is 0 Å². The number of alkyl halides is 1. The van der Waals surface area contributed by atoms with Gasteiger partial charge in [0.25, 0.3) is 0 Å². The number of carbonyl (C=O) groups excluding carboxylic acids is 1. The lowest BCUT2D eigenvalue weighted by atomic mass is 10.2. The van der Waals surface area contributed by atoms with Crippen molar-refractivity contribution in [2.24, 2.45) is 0 Å². The summed E-state index contributed by atoms with van der Waals surface area (Å²) in [7, 11) is 0. The maximum Gasteiger partial charge on any atom is 0.353 e. The first-order chi connectivity index (χ1) is 6.27. The lowest BCUT2D eigenvalue weighted by Crippen LogP contribution is -2.04. The van der Waals surface area contributed by atoms with Crippen LogP contribution in [0.15, 0.2) is 30.3 Å². The highest BCUT2D eigenvalue weighted by atomic mass is 32.2. The normalized spacial score (nSPS) is 27.3. The largest absolute Gasteiger partial charge is 0.443 e. The second-order valence-electron chi connectivity index (χ2n) is 2.63. The van der Waals surface area contributed by atoms with Crippen LogP contribution in [0.5, 0.6) is 0 Å². The monoisotopic (exact) mass is 198 g/mol. The van der Waals surface area contributed by atoms with E-state index in [-0.39, 0.29) is 0 Å². The molecule has 0 radical (unpaired) electrons. The molecule has 68 valence electrons. The highest BCUT2D eigenvalue weighted by molar-refractivity contribution is 8.00. The van der Waals surface area contributed by atoms with Crippen LogP contribution in [0.4, 0.5) is 4.39 Å². The SMILES string of the molecule is O=C1O[C@H](c2ccccc2)S[C@@H]1F. The van der Waals surface area contributed by atoms with Crippen LogP contribution < -0.4 is 0 Å². The number of thioether (sulfide) groups is 1. The Hall–Kier alpha value is -1.03. The van der Waals surface area contributed by atoms with Crippen molar-refractivity contribution in [1.82, 2.24) is 0 Å². The van der Waals surface area contributed by atoms with Crippen LogP contribution in [0.3, 0.4) is 0 Å². The zero-order chi connectivity index (χ0) is 9.26. The van der Waals surface area contributed by atoms with Gasteiger partial charge in [-0.2, -0.15) is 0 Å².